The maximum atomic E-state index is 8.49. The molecule has 0 radical (unpaired) electrons. The Bertz CT molecular complexity index is 290. The molecule has 0 fully saturated rings. The topological polar surface area (TPSA) is 41.6 Å². The SMILES string of the molecule is C=Cc1cn(C)nc1C#N. The minimum Gasteiger partial charge on any atom is -0.274 e. The molecule has 50 valence electrons. The van der Waals surface area contributed by atoms with E-state index in [1.165, 1.54) is 0 Å². The molecule has 0 atom stereocenters. The van der Waals surface area contributed by atoms with E-state index in [0.717, 1.165) is 5.56 Å². The summed E-state index contributed by atoms with van der Waals surface area (Å²) in [4.78, 5) is 0. The normalized spacial score (nSPS) is 8.80. The maximum absolute atomic E-state index is 8.49. The number of hydrogen-bond acceptors (Lipinski definition) is 2. The molecule has 3 heteroatoms. The minimum atomic E-state index is 0.428. The van der Waals surface area contributed by atoms with E-state index in [-0.39, 0.29) is 0 Å². The summed E-state index contributed by atoms with van der Waals surface area (Å²) in [5.74, 6) is 0. The highest BCUT2D eigenvalue weighted by atomic mass is 15.2. The van der Waals surface area contributed by atoms with Crippen molar-refractivity contribution in [3.05, 3.63) is 24.0 Å². The lowest BCUT2D eigenvalue weighted by molar-refractivity contribution is 0.763. The monoisotopic (exact) mass is 133 g/mol. The number of nitriles is 1. The van der Waals surface area contributed by atoms with Crippen molar-refractivity contribution in [1.82, 2.24) is 9.78 Å². The van der Waals surface area contributed by atoms with Gasteiger partial charge in [0.25, 0.3) is 0 Å². The molecule has 0 aliphatic heterocycles. The highest BCUT2D eigenvalue weighted by Crippen LogP contribution is 2.04. The van der Waals surface area contributed by atoms with E-state index in [2.05, 4.69) is 11.7 Å². The van der Waals surface area contributed by atoms with Crippen LogP contribution >= 0.6 is 0 Å². The van der Waals surface area contributed by atoms with Crippen molar-refractivity contribution < 1.29 is 0 Å². The molecule has 0 spiro atoms. The van der Waals surface area contributed by atoms with Crippen molar-refractivity contribution >= 4 is 6.08 Å². The second-order valence-electron chi connectivity index (χ2n) is 1.92. The lowest BCUT2D eigenvalue weighted by atomic mass is 10.3. The quantitative estimate of drug-likeness (QED) is 0.572. The lowest BCUT2D eigenvalue weighted by Gasteiger charge is -1.78. The van der Waals surface area contributed by atoms with Crippen LogP contribution in [-0.4, -0.2) is 9.78 Å². The van der Waals surface area contributed by atoms with Gasteiger partial charge < -0.3 is 0 Å². The first-order chi connectivity index (χ1) is 4.77. The van der Waals surface area contributed by atoms with E-state index in [0.29, 0.717) is 5.69 Å². The van der Waals surface area contributed by atoms with E-state index < -0.39 is 0 Å². The molecule has 3 nitrogen and oxygen atoms in total. The number of nitrogens with zero attached hydrogens (tertiary/aromatic N) is 3. The van der Waals surface area contributed by atoms with Gasteiger partial charge in [-0.15, -0.1) is 0 Å². The summed E-state index contributed by atoms with van der Waals surface area (Å²) in [6.07, 6.45) is 3.37. The largest absolute Gasteiger partial charge is 0.274 e. The molecular weight excluding hydrogens is 126 g/mol. The summed E-state index contributed by atoms with van der Waals surface area (Å²) in [6, 6.07) is 1.96. The van der Waals surface area contributed by atoms with Crippen LogP contribution in [0.1, 0.15) is 11.3 Å². The molecule has 1 rings (SSSR count). The number of aryl methyl sites for hydroxylation is 1. The van der Waals surface area contributed by atoms with E-state index in [9.17, 15) is 0 Å². The Kier molecular flexibility index (Phi) is 1.55. The van der Waals surface area contributed by atoms with Gasteiger partial charge in [-0.05, 0) is 0 Å². The number of rotatable bonds is 1. The van der Waals surface area contributed by atoms with Crippen molar-refractivity contribution in [2.75, 3.05) is 0 Å². The first-order valence-corrected chi connectivity index (χ1v) is 2.84. The number of hydrogen-bond donors (Lipinski definition) is 0. The van der Waals surface area contributed by atoms with Crippen LogP contribution in [0.15, 0.2) is 12.8 Å². The van der Waals surface area contributed by atoms with Crippen molar-refractivity contribution in [2.24, 2.45) is 7.05 Å². The van der Waals surface area contributed by atoms with Gasteiger partial charge >= 0.3 is 0 Å². The van der Waals surface area contributed by atoms with Crippen LogP contribution in [0.5, 0.6) is 0 Å². The molecule has 0 unspecified atom stereocenters. The maximum Gasteiger partial charge on any atom is 0.169 e. The fraction of sp³-hybridized carbons (Fsp3) is 0.143. The van der Waals surface area contributed by atoms with Crippen molar-refractivity contribution in [3.8, 4) is 6.07 Å². The van der Waals surface area contributed by atoms with E-state index in [1.807, 2.05) is 6.07 Å². The zero-order valence-electron chi connectivity index (χ0n) is 5.70. The Labute approximate surface area is 59.2 Å². The Hall–Kier alpha value is -1.56. The van der Waals surface area contributed by atoms with Gasteiger partial charge in [0, 0.05) is 18.8 Å². The molecular formula is C7H7N3. The predicted molar refractivity (Wildman–Crippen MR) is 38.0 cm³/mol. The van der Waals surface area contributed by atoms with Crippen LogP contribution < -0.4 is 0 Å². The number of aromatic nitrogens is 2. The molecule has 10 heavy (non-hydrogen) atoms. The van der Waals surface area contributed by atoms with Gasteiger partial charge in [0.2, 0.25) is 0 Å². The van der Waals surface area contributed by atoms with Gasteiger partial charge in [0.05, 0.1) is 0 Å². The average molecular weight is 133 g/mol. The van der Waals surface area contributed by atoms with Crippen LogP contribution in [0, 0.1) is 11.3 Å². The summed E-state index contributed by atoms with van der Waals surface area (Å²) in [7, 11) is 1.77. The molecule has 0 aliphatic carbocycles. The standard InChI is InChI=1S/C7H7N3/c1-3-6-5-10(2)9-7(6)4-8/h3,5H,1H2,2H3. The summed E-state index contributed by atoms with van der Waals surface area (Å²) >= 11 is 0. The Morgan fingerprint density at radius 3 is 3.00 bits per heavy atom. The molecule has 0 aliphatic rings. The van der Waals surface area contributed by atoms with Gasteiger partial charge in [-0.1, -0.05) is 12.7 Å². The minimum absolute atomic E-state index is 0.428. The zero-order chi connectivity index (χ0) is 7.56. The Morgan fingerprint density at radius 2 is 2.60 bits per heavy atom. The van der Waals surface area contributed by atoms with Crippen LogP contribution in [0.3, 0.4) is 0 Å². The third-order valence-corrected chi connectivity index (χ3v) is 1.18. The van der Waals surface area contributed by atoms with Crippen molar-refractivity contribution in [3.63, 3.8) is 0 Å². The smallest absolute Gasteiger partial charge is 0.169 e. The molecule has 0 aromatic carbocycles. The van der Waals surface area contributed by atoms with Gasteiger partial charge in [0.15, 0.2) is 5.69 Å². The summed E-state index contributed by atoms with van der Waals surface area (Å²) in [5.41, 5.74) is 1.21. The molecule has 0 N–H and O–H groups in total. The second kappa shape index (κ2) is 2.36. The van der Waals surface area contributed by atoms with Crippen LogP contribution in [0.4, 0.5) is 0 Å². The lowest BCUT2D eigenvalue weighted by Crippen LogP contribution is -1.86. The third kappa shape index (κ3) is 0.914. The molecule has 1 aromatic heterocycles. The van der Waals surface area contributed by atoms with E-state index >= 15 is 0 Å². The Morgan fingerprint density at radius 1 is 1.90 bits per heavy atom. The van der Waals surface area contributed by atoms with Gasteiger partial charge in [0.1, 0.15) is 6.07 Å². The Balaban J connectivity index is 3.24. The molecule has 0 saturated heterocycles. The molecule has 1 aromatic rings. The molecule has 0 bridgehead atoms. The summed E-state index contributed by atoms with van der Waals surface area (Å²) in [5, 5.41) is 12.4. The fourth-order valence-electron chi connectivity index (χ4n) is 0.743. The van der Waals surface area contributed by atoms with Crippen LogP contribution in [0.25, 0.3) is 6.08 Å². The molecule has 1 heterocycles. The fourth-order valence-corrected chi connectivity index (χ4v) is 0.743. The van der Waals surface area contributed by atoms with Gasteiger partial charge in [-0.3, -0.25) is 4.68 Å². The van der Waals surface area contributed by atoms with Crippen LogP contribution in [-0.2, 0) is 7.05 Å². The third-order valence-electron chi connectivity index (χ3n) is 1.18. The predicted octanol–water partition coefficient (Wildman–Crippen LogP) is 0.935. The van der Waals surface area contributed by atoms with Crippen molar-refractivity contribution in [2.45, 2.75) is 0 Å². The zero-order valence-corrected chi connectivity index (χ0v) is 5.70. The highest BCUT2D eigenvalue weighted by Gasteiger charge is 2.00. The average Bonchev–Trinajstić information content (AvgIpc) is 2.30. The van der Waals surface area contributed by atoms with Gasteiger partial charge in [-0.25, -0.2) is 0 Å². The highest BCUT2D eigenvalue weighted by molar-refractivity contribution is 5.52. The summed E-state index contributed by atoms with van der Waals surface area (Å²) in [6.45, 7) is 3.55. The van der Waals surface area contributed by atoms with Gasteiger partial charge in [-0.2, -0.15) is 10.4 Å². The first-order valence-electron chi connectivity index (χ1n) is 2.84. The molecule has 0 saturated carbocycles. The van der Waals surface area contributed by atoms with E-state index in [1.54, 1.807) is 24.0 Å². The first kappa shape index (κ1) is 6.56. The second-order valence-corrected chi connectivity index (χ2v) is 1.92. The summed E-state index contributed by atoms with van der Waals surface area (Å²) < 4.78 is 1.59. The molecule has 0 amide bonds. The van der Waals surface area contributed by atoms with Crippen molar-refractivity contribution in [1.29, 1.82) is 5.26 Å². The van der Waals surface area contributed by atoms with E-state index in [4.69, 9.17) is 5.26 Å². The van der Waals surface area contributed by atoms with Crippen LogP contribution in [0.2, 0.25) is 0 Å².